The van der Waals surface area contributed by atoms with Crippen LogP contribution in [-0.2, 0) is 9.59 Å². The number of carbonyl (C=O) groups excluding carboxylic acids is 1. The van der Waals surface area contributed by atoms with Gasteiger partial charge in [0.05, 0.1) is 0 Å². The summed E-state index contributed by atoms with van der Waals surface area (Å²) < 4.78 is 0. The molecule has 17 heavy (non-hydrogen) atoms. The van der Waals surface area contributed by atoms with Gasteiger partial charge in [-0.3, -0.25) is 9.59 Å². The first-order valence-electron chi connectivity index (χ1n) is 6.24. The maximum atomic E-state index is 11.4. The minimum Gasteiger partial charge on any atom is -0.481 e. The van der Waals surface area contributed by atoms with Gasteiger partial charge in [0, 0.05) is 19.4 Å². The molecule has 0 aromatic carbocycles. The Morgan fingerprint density at radius 2 is 1.94 bits per heavy atom. The molecule has 4 N–H and O–H groups in total. The second kappa shape index (κ2) is 10.1. The van der Waals surface area contributed by atoms with Crippen LogP contribution in [0, 0.1) is 5.92 Å². The molecule has 0 rings (SSSR count). The van der Waals surface area contributed by atoms with Crippen molar-refractivity contribution in [3.05, 3.63) is 0 Å². The van der Waals surface area contributed by atoms with Crippen molar-refractivity contribution in [2.45, 2.75) is 45.4 Å². The summed E-state index contributed by atoms with van der Waals surface area (Å²) >= 11 is 0. The summed E-state index contributed by atoms with van der Waals surface area (Å²) in [7, 11) is 0. The van der Waals surface area contributed by atoms with E-state index in [4.69, 9.17) is 10.8 Å². The van der Waals surface area contributed by atoms with Crippen LogP contribution in [0.4, 0.5) is 0 Å². The molecule has 0 radical (unpaired) electrons. The highest BCUT2D eigenvalue weighted by Crippen LogP contribution is 2.04. The first kappa shape index (κ1) is 15.9. The molecule has 1 amide bonds. The van der Waals surface area contributed by atoms with Gasteiger partial charge in [0.1, 0.15) is 0 Å². The van der Waals surface area contributed by atoms with Gasteiger partial charge in [0.2, 0.25) is 5.91 Å². The molecule has 0 fully saturated rings. The summed E-state index contributed by atoms with van der Waals surface area (Å²) in [5.41, 5.74) is 5.35. The highest BCUT2D eigenvalue weighted by molar-refractivity contribution is 5.75. The lowest BCUT2D eigenvalue weighted by atomic mass is 10.1. The molecule has 5 nitrogen and oxygen atoms in total. The summed E-state index contributed by atoms with van der Waals surface area (Å²) in [5.74, 6) is -0.534. The van der Waals surface area contributed by atoms with E-state index in [1.807, 2.05) is 6.92 Å². The van der Waals surface area contributed by atoms with Gasteiger partial charge in [-0.1, -0.05) is 13.3 Å². The zero-order valence-electron chi connectivity index (χ0n) is 10.6. The van der Waals surface area contributed by atoms with Gasteiger partial charge < -0.3 is 16.2 Å². The summed E-state index contributed by atoms with van der Waals surface area (Å²) in [6, 6.07) is 0. The fraction of sp³-hybridized carbons (Fsp3) is 0.833. The van der Waals surface area contributed by atoms with E-state index in [9.17, 15) is 9.59 Å². The topological polar surface area (TPSA) is 92.4 Å². The average molecular weight is 244 g/mol. The van der Waals surface area contributed by atoms with E-state index in [0.717, 1.165) is 19.3 Å². The zero-order chi connectivity index (χ0) is 13.1. The lowest BCUT2D eigenvalue weighted by Crippen LogP contribution is -2.28. The van der Waals surface area contributed by atoms with Crippen LogP contribution in [0.15, 0.2) is 0 Å². The van der Waals surface area contributed by atoms with Crippen LogP contribution >= 0.6 is 0 Å². The number of carbonyl (C=O) groups is 2. The van der Waals surface area contributed by atoms with Crippen molar-refractivity contribution < 1.29 is 14.7 Å². The molecule has 0 bridgehead atoms. The molecule has 0 aromatic rings. The number of unbranched alkanes of at least 4 members (excludes halogenated alkanes) is 2. The van der Waals surface area contributed by atoms with E-state index in [-0.39, 0.29) is 18.2 Å². The van der Waals surface area contributed by atoms with Crippen molar-refractivity contribution in [2.75, 3.05) is 13.1 Å². The number of carboxylic acid groups (broad SMARTS) is 1. The summed E-state index contributed by atoms with van der Waals surface area (Å²) in [5, 5.41) is 11.3. The number of hydrogen-bond donors (Lipinski definition) is 3. The fourth-order valence-corrected chi connectivity index (χ4v) is 1.46. The Balaban J connectivity index is 3.45. The Hall–Kier alpha value is -1.10. The normalized spacial score (nSPS) is 12.1. The fourth-order valence-electron chi connectivity index (χ4n) is 1.46. The Labute approximate surface area is 103 Å². The molecule has 1 unspecified atom stereocenters. The van der Waals surface area contributed by atoms with Gasteiger partial charge >= 0.3 is 5.97 Å². The second-order valence-corrected chi connectivity index (χ2v) is 4.44. The third kappa shape index (κ3) is 11.2. The van der Waals surface area contributed by atoms with Crippen LogP contribution in [-0.4, -0.2) is 30.1 Å². The zero-order valence-corrected chi connectivity index (χ0v) is 10.6. The Kier molecular flexibility index (Phi) is 9.43. The predicted octanol–water partition coefficient (Wildman–Crippen LogP) is 1.12. The van der Waals surface area contributed by atoms with E-state index >= 15 is 0 Å². The van der Waals surface area contributed by atoms with Gasteiger partial charge in [-0.05, 0) is 31.7 Å². The third-order valence-electron chi connectivity index (χ3n) is 2.61. The van der Waals surface area contributed by atoms with Crippen LogP contribution in [0.1, 0.15) is 45.4 Å². The first-order valence-corrected chi connectivity index (χ1v) is 6.24. The SMILES string of the molecule is CC(CCC(=O)O)CNC(=O)CCCCCN. The number of carboxylic acids is 1. The quantitative estimate of drug-likeness (QED) is 0.502. The maximum absolute atomic E-state index is 11.4. The number of hydrogen-bond acceptors (Lipinski definition) is 3. The molecule has 0 saturated heterocycles. The molecule has 0 aliphatic carbocycles. The highest BCUT2D eigenvalue weighted by atomic mass is 16.4. The number of nitrogens with one attached hydrogen (secondary N) is 1. The number of amides is 1. The van der Waals surface area contributed by atoms with Crippen molar-refractivity contribution in [2.24, 2.45) is 11.7 Å². The largest absolute Gasteiger partial charge is 0.481 e. The van der Waals surface area contributed by atoms with E-state index in [2.05, 4.69) is 5.32 Å². The van der Waals surface area contributed by atoms with E-state index in [1.54, 1.807) is 0 Å². The van der Waals surface area contributed by atoms with Gasteiger partial charge in [-0.2, -0.15) is 0 Å². The third-order valence-corrected chi connectivity index (χ3v) is 2.61. The van der Waals surface area contributed by atoms with Gasteiger partial charge in [0.15, 0.2) is 0 Å². The van der Waals surface area contributed by atoms with Crippen LogP contribution in [0.25, 0.3) is 0 Å². The van der Waals surface area contributed by atoms with Crippen molar-refractivity contribution in [3.8, 4) is 0 Å². The molecule has 5 heteroatoms. The Morgan fingerprint density at radius 1 is 1.24 bits per heavy atom. The lowest BCUT2D eigenvalue weighted by molar-refractivity contribution is -0.137. The molecule has 0 aliphatic heterocycles. The summed E-state index contributed by atoms with van der Waals surface area (Å²) in [4.78, 5) is 21.7. The van der Waals surface area contributed by atoms with E-state index in [0.29, 0.717) is 25.9 Å². The van der Waals surface area contributed by atoms with Crippen LogP contribution < -0.4 is 11.1 Å². The maximum Gasteiger partial charge on any atom is 0.303 e. The average Bonchev–Trinajstić information content (AvgIpc) is 2.29. The molecule has 0 aliphatic rings. The predicted molar refractivity (Wildman–Crippen MR) is 66.6 cm³/mol. The lowest BCUT2D eigenvalue weighted by Gasteiger charge is -2.11. The minimum absolute atomic E-state index is 0.0456. The molecule has 100 valence electrons. The number of aliphatic carboxylic acids is 1. The van der Waals surface area contributed by atoms with Gasteiger partial charge in [-0.25, -0.2) is 0 Å². The standard InChI is InChI=1S/C12H24N2O3/c1-10(6-7-12(16)17)9-14-11(15)5-3-2-4-8-13/h10H,2-9,13H2,1H3,(H,14,15)(H,16,17). The smallest absolute Gasteiger partial charge is 0.303 e. The van der Waals surface area contributed by atoms with Crippen molar-refractivity contribution >= 4 is 11.9 Å². The molecule has 0 spiro atoms. The summed E-state index contributed by atoms with van der Waals surface area (Å²) in [6.45, 7) is 3.18. The Morgan fingerprint density at radius 3 is 2.53 bits per heavy atom. The molecular formula is C12H24N2O3. The van der Waals surface area contributed by atoms with Crippen LogP contribution in [0.5, 0.6) is 0 Å². The van der Waals surface area contributed by atoms with Crippen molar-refractivity contribution in [1.29, 1.82) is 0 Å². The minimum atomic E-state index is -0.787. The van der Waals surface area contributed by atoms with Crippen LogP contribution in [0.2, 0.25) is 0 Å². The van der Waals surface area contributed by atoms with Crippen molar-refractivity contribution in [3.63, 3.8) is 0 Å². The molecule has 0 aromatic heterocycles. The van der Waals surface area contributed by atoms with Crippen LogP contribution in [0.3, 0.4) is 0 Å². The monoisotopic (exact) mass is 244 g/mol. The van der Waals surface area contributed by atoms with Gasteiger partial charge in [0.25, 0.3) is 0 Å². The molecule has 1 atom stereocenters. The molecule has 0 heterocycles. The highest BCUT2D eigenvalue weighted by Gasteiger charge is 2.07. The van der Waals surface area contributed by atoms with E-state index in [1.165, 1.54) is 0 Å². The molecule has 0 saturated carbocycles. The number of nitrogens with two attached hydrogens (primary N) is 1. The van der Waals surface area contributed by atoms with Gasteiger partial charge in [-0.15, -0.1) is 0 Å². The second-order valence-electron chi connectivity index (χ2n) is 4.44. The number of rotatable bonds is 10. The molecular weight excluding hydrogens is 220 g/mol. The first-order chi connectivity index (χ1) is 8.06. The Bertz CT molecular complexity index is 232. The van der Waals surface area contributed by atoms with Crippen molar-refractivity contribution in [1.82, 2.24) is 5.32 Å². The van der Waals surface area contributed by atoms with E-state index < -0.39 is 5.97 Å². The summed E-state index contributed by atoms with van der Waals surface area (Å²) in [6.07, 6.45) is 4.11.